The van der Waals surface area contributed by atoms with E-state index in [0.717, 1.165) is 0 Å². The molecule has 2 unspecified atom stereocenters. The lowest BCUT2D eigenvalue weighted by Crippen LogP contribution is -2.19. The van der Waals surface area contributed by atoms with Gasteiger partial charge in [0.2, 0.25) is 0 Å². The highest BCUT2D eigenvalue weighted by Gasteiger charge is 2.18. The van der Waals surface area contributed by atoms with Crippen LogP contribution in [0.4, 0.5) is 4.39 Å². The van der Waals surface area contributed by atoms with Gasteiger partial charge in [-0.15, -0.1) is 0 Å². The van der Waals surface area contributed by atoms with Gasteiger partial charge in [-0.1, -0.05) is 6.07 Å². The largest absolute Gasteiger partial charge is 0.390 e. The van der Waals surface area contributed by atoms with Gasteiger partial charge in [-0.2, -0.15) is 17.9 Å². The standard InChI is InChI=1S/C12H14FNO2S/c13-10-2-1-9(7-8(10)3-5-14)12(16)11(15)4-6-17/h1-2,7,11-12,15-17H,3-4,6H2. The van der Waals surface area contributed by atoms with Crippen molar-refractivity contribution in [3.63, 3.8) is 0 Å². The van der Waals surface area contributed by atoms with E-state index in [4.69, 9.17) is 5.26 Å². The first kappa shape index (κ1) is 14.0. The molecule has 3 nitrogen and oxygen atoms in total. The first-order chi connectivity index (χ1) is 8.10. The molecule has 17 heavy (non-hydrogen) atoms. The van der Waals surface area contributed by atoms with Crippen LogP contribution in [0.2, 0.25) is 0 Å². The summed E-state index contributed by atoms with van der Waals surface area (Å²) in [5, 5.41) is 27.9. The smallest absolute Gasteiger partial charge is 0.127 e. The van der Waals surface area contributed by atoms with Gasteiger partial charge >= 0.3 is 0 Å². The van der Waals surface area contributed by atoms with E-state index >= 15 is 0 Å². The Hall–Kier alpha value is -1.09. The number of thiol groups is 1. The first-order valence-electron chi connectivity index (χ1n) is 5.22. The van der Waals surface area contributed by atoms with Gasteiger partial charge in [-0.05, 0) is 29.9 Å². The van der Waals surface area contributed by atoms with E-state index in [1.807, 2.05) is 6.07 Å². The van der Waals surface area contributed by atoms with E-state index < -0.39 is 18.0 Å². The highest BCUT2D eigenvalue weighted by Crippen LogP contribution is 2.22. The molecule has 0 saturated carbocycles. The van der Waals surface area contributed by atoms with Crippen molar-refractivity contribution in [3.05, 3.63) is 35.1 Å². The number of aliphatic hydroxyl groups excluding tert-OH is 2. The molecule has 0 aliphatic heterocycles. The van der Waals surface area contributed by atoms with Crippen LogP contribution in [0.1, 0.15) is 23.7 Å². The number of nitrogens with zero attached hydrogens (tertiary/aromatic N) is 1. The molecule has 0 spiro atoms. The fourth-order valence-corrected chi connectivity index (χ4v) is 1.78. The highest BCUT2D eigenvalue weighted by molar-refractivity contribution is 7.80. The molecular formula is C12H14FNO2S. The van der Waals surface area contributed by atoms with Crippen molar-refractivity contribution in [1.29, 1.82) is 5.26 Å². The SMILES string of the molecule is N#CCc1cc(C(O)C(O)CCS)ccc1F. The fraction of sp³-hybridized carbons (Fsp3) is 0.417. The van der Waals surface area contributed by atoms with E-state index in [1.165, 1.54) is 18.2 Å². The van der Waals surface area contributed by atoms with Crippen LogP contribution in [-0.4, -0.2) is 22.1 Å². The Balaban J connectivity index is 2.91. The lowest BCUT2D eigenvalue weighted by atomic mass is 9.99. The summed E-state index contributed by atoms with van der Waals surface area (Å²) in [6.07, 6.45) is -1.74. The van der Waals surface area contributed by atoms with Crippen LogP contribution in [0.25, 0.3) is 0 Å². The lowest BCUT2D eigenvalue weighted by Gasteiger charge is -2.18. The number of hydrogen-bond donors (Lipinski definition) is 3. The zero-order valence-corrected chi connectivity index (χ0v) is 10.1. The molecule has 0 saturated heterocycles. The fourth-order valence-electron chi connectivity index (χ4n) is 1.51. The normalized spacial score (nSPS) is 14.1. The van der Waals surface area contributed by atoms with Crippen LogP contribution < -0.4 is 0 Å². The molecule has 1 aromatic carbocycles. The Kier molecular flexibility index (Phi) is 5.42. The van der Waals surface area contributed by atoms with E-state index in [2.05, 4.69) is 12.6 Å². The minimum Gasteiger partial charge on any atom is -0.390 e. The average Bonchev–Trinajstić information content (AvgIpc) is 2.31. The molecule has 5 heteroatoms. The van der Waals surface area contributed by atoms with Gasteiger partial charge in [0.1, 0.15) is 11.9 Å². The zero-order chi connectivity index (χ0) is 12.8. The summed E-state index contributed by atoms with van der Waals surface area (Å²) in [6.45, 7) is 0. The van der Waals surface area contributed by atoms with E-state index in [9.17, 15) is 14.6 Å². The summed E-state index contributed by atoms with van der Waals surface area (Å²) in [5.74, 6) is -0.0315. The van der Waals surface area contributed by atoms with Crippen LogP contribution in [0.3, 0.4) is 0 Å². The minimum absolute atomic E-state index is 0.0605. The molecule has 0 heterocycles. The molecule has 0 aliphatic rings. The molecule has 1 aromatic rings. The number of benzene rings is 1. The maximum absolute atomic E-state index is 13.3. The molecule has 0 amide bonds. The van der Waals surface area contributed by atoms with Crippen molar-refractivity contribution in [1.82, 2.24) is 0 Å². The second-order valence-corrected chi connectivity index (χ2v) is 4.16. The molecule has 92 valence electrons. The molecule has 0 aliphatic carbocycles. The van der Waals surface area contributed by atoms with Gasteiger partial charge < -0.3 is 10.2 Å². The van der Waals surface area contributed by atoms with Crippen LogP contribution in [0, 0.1) is 17.1 Å². The maximum Gasteiger partial charge on any atom is 0.127 e. The monoisotopic (exact) mass is 255 g/mol. The number of halogens is 1. The second-order valence-electron chi connectivity index (χ2n) is 3.71. The maximum atomic E-state index is 13.3. The predicted molar refractivity (Wildman–Crippen MR) is 65.2 cm³/mol. The zero-order valence-electron chi connectivity index (χ0n) is 9.17. The summed E-state index contributed by atoms with van der Waals surface area (Å²) in [6, 6.07) is 5.86. The number of hydrogen-bond acceptors (Lipinski definition) is 4. The van der Waals surface area contributed by atoms with Crippen LogP contribution in [0.5, 0.6) is 0 Å². The average molecular weight is 255 g/mol. The van der Waals surface area contributed by atoms with Gasteiger partial charge in [0.05, 0.1) is 18.6 Å². The first-order valence-corrected chi connectivity index (χ1v) is 5.85. The Morgan fingerprint density at radius 3 is 2.71 bits per heavy atom. The van der Waals surface area contributed by atoms with Crippen molar-refractivity contribution in [3.8, 4) is 6.07 Å². The Morgan fingerprint density at radius 1 is 1.41 bits per heavy atom. The van der Waals surface area contributed by atoms with Gasteiger partial charge in [-0.3, -0.25) is 0 Å². The highest BCUT2D eigenvalue weighted by atomic mass is 32.1. The van der Waals surface area contributed by atoms with Crippen LogP contribution in [0.15, 0.2) is 18.2 Å². The van der Waals surface area contributed by atoms with E-state index in [1.54, 1.807) is 0 Å². The van der Waals surface area contributed by atoms with Crippen molar-refractivity contribution in [2.75, 3.05) is 5.75 Å². The third-order valence-electron chi connectivity index (χ3n) is 2.47. The second kappa shape index (κ2) is 6.60. The summed E-state index contributed by atoms with van der Waals surface area (Å²) < 4.78 is 13.3. The number of rotatable bonds is 5. The summed E-state index contributed by atoms with van der Waals surface area (Å²) in [7, 11) is 0. The molecule has 0 fully saturated rings. The van der Waals surface area contributed by atoms with Crippen molar-refractivity contribution < 1.29 is 14.6 Å². The van der Waals surface area contributed by atoms with Gasteiger partial charge in [0.15, 0.2) is 0 Å². The number of aliphatic hydroxyl groups is 2. The topological polar surface area (TPSA) is 64.2 Å². The van der Waals surface area contributed by atoms with Crippen LogP contribution in [-0.2, 0) is 6.42 Å². The quantitative estimate of drug-likeness (QED) is 0.700. The lowest BCUT2D eigenvalue weighted by molar-refractivity contribution is 0.0171. The summed E-state index contributed by atoms with van der Waals surface area (Å²) in [5.41, 5.74) is 0.632. The van der Waals surface area contributed by atoms with Gasteiger partial charge in [0, 0.05) is 5.56 Å². The molecule has 0 bridgehead atoms. The van der Waals surface area contributed by atoms with Crippen molar-refractivity contribution in [2.45, 2.75) is 25.0 Å². The van der Waals surface area contributed by atoms with Gasteiger partial charge in [-0.25, -0.2) is 4.39 Å². The third-order valence-corrected chi connectivity index (χ3v) is 2.73. The Bertz CT molecular complexity index is 419. The van der Waals surface area contributed by atoms with Gasteiger partial charge in [0.25, 0.3) is 0 Å². The molecule has 2 N–H and O–H groups in total. The Morgan fingerprint density at radius 2 is 2.12 bits per heavy atom. The van der Waals surface area contributed by atoms with Crippen molar-refractivity contribution in [2.24, 2.45) is 0 Å². The predicted octanol–water partition coefficient (Wildman–Crippen LogP) is 1.61. The van der Waals surface area contributed by atoms with E-state index in [-0.39, 0.29) is 12.0 Å². The van der Waals surface area contributed by atoms with E-state index in [0.29, 0.717) is 17.7 Å². The molecular weight excluding hydrogens is 241 g/mol. The summed E-state index contributed by atoms with van der Waals surface area (Å²) in [4.78, 5) is 0. The molecule has 0 aromatic heterocycles. The summed E-state index contributed by atoms with van der Waals surface area (Å²) >= 11 is 3.96. The van der Waals surface area contributed by atoms with Crippen LogP contribution >= 0.6 is 12.6 Å². The number of nitriles is 1. The molecule has 2 atom stereocenters. The Labute approximate surface area is 105 Å². The minimum atomic E-state index is -1.08. The third kappa shape index (κ3) is 3.70. The molecule has 1 rings (SSSR count). The molecule has 0 radical (unpaired) electrons. The van der Waals surface area contributed by atoms with Crippen molar-refractivity contribution >= 4 is 12.6 Å².